The highest BCUT2D eigenvalue weighted by Crippen LogP contribution is 2.30. The Hall–Kier alpha value is -1.91. The van der Waals surface area contributed by atoms with E-state index in [0.29, 0.717) is 28.1 Å². The van der Waals surface area contributed by atoms with Crippen molar-refractivity contribution in [3.05, 3.63) is 57.6 Å². The van der Waals surface area contributed by atoms with Crippen LogP contribution in [-0.4, -0.2) is 20.1 Å². The van der Waals surface area contributed by atoms with E-state index in [9.17, 15) is 4.79 Å². The Labute approximate surface area is 145 Å². The maximum Gasteiger partial charge on any atom is 0.224 e. The molecule has 6 heteroatoms. The maximum atomic E-state index is 12.1. The quantitative estimate of drug-likeness (QED) is 0.857. The molecule has 0 aliphatic heterocycles. The minimum absolute atomic E-state index is 0.140. The lowest BCUT2D eigenvalue weighted by Gasteiger charge is -2.13. The van der Waals surface area contributed by atoms with Gasteiger partial charge in [0.2, 0.25) is 5.91 Å². The average molecular weight is 354 g/mol. The van der Waals surface area contributed by atoms with Gasteiger partial charge in [-0.2, -0.15) is 0 Å². The summed E-state index contributed by atoms with van der Waals surface area (Å²) in [5, 5.41) is 3.87. The minimum atomic E-state index is -0.140. The van der Waals surface area contributed by atoms with Gasteiger partial charge in [-0.15, -0.1) is 0 Å². The molecule has 4 nitrogen and oxygen atoms in total. The molecule has 0 aromatic heterocycles. The SMILES string of the molecule is COc1cccc(CNC(=O)Cc2ccc(Cl)cc2Cl)c1OC. The number of ether oxygens (including phenoxy) is 2. The number of rotatable bonds is 6. The fourth-order valence-electron chi connectivity index (χ4n) is 2.19. The third kappa shape index (κ3) is 4.53. The van der Waals surface area contributed by atoms with Crippen LogP contribution in [0.1, 0.15) is 11.1 Å². The zero-order chi connectivity index (χ0) is 16.8. The molecule has 2 aromatic carbocycles. The second-order valence-corrected chi connectivity index (χ2v) is 5.69. The first kappa shape index (κ1) is 17.4. The highest BCUT2D eigenvalue weighted by Gasteiger charge is 2.12. The third-order valence-corrected chi connectivity index (χ3v) is 3.91. The van der Waals surface area contributed by atoms with Crippen molar-refractivity contribution in [2.45, 2.75) is 13.0 Å². The average Bonchev–Trinajstić information content (AvgIpc) is 2.55. The first-order valence-electron chi connectivity index (χ1n) is 6.95. The number of carbonyl (C=O) groups is 1. The van der Waals surface area contributed by atoms with Crippen molar-refractivity contribution in [1.29, 1.82) is 0 Å². The molecule has 2 rings (SSSR count). The first-order valence-corrected chi connectivity index (χ1v) is 7.71. The summed E-state index contributed by atoms with van der Waals surface area (Å²) < 4.78 is 10.6. The van der Waals surface area contributed by atoms with Gasteiger partial charge < -0.3 is 14.8 Å². The summed E-state index contributed by atoms with van der Waals surface area (Å²) in [6.07, 6.45) is 0.183. The van der Waals surface area contributed by atoms with E-state index in [0.717, 1.165) is 11.1 Å². The predicted molar refractivity (Wildman–Crippen MR) is 91.6 cm³/mol. The van der Waals surface area contributed by atoms with Gasteiger partial charge in [0.25, 0.3) is 0 Å². The molecule has 23 heavy (non-hydrogen) atoms. The van der Waals surface area contributed by atoms with Gasteiger partial charge in [-0.25, -0.2) is 0 Å². The zero-order valence-electron chi connectivity index (χ0n) is 12.9. The largest absolute Gasteiger partial charge is 0.493 e. The fraction of sp³-hybridized carbons (Fsp3) is 0.235. The van der Waals surface area contributed by atoms with Gasteiger partial charge in [-0.3, -0.25) is 4.79 Å². The van der Waals surface area contributed by atoms with Crippen molar-refractivity contribution in [3.63, 3.8) is 0 Å². The fourth-order valence-corrected chi connectivity index (χ4v) is 2.66. The Morgan fingerprint density at radius 1 is 1.09 bits per heavy atom. The lowest BCUT2D eigenvalue weighted by molar-refractivity contribution is -0.120. The zero-order valence-corrected chi connectivity index (χ0v) is 14.4. The van der Waals surface area contributed by atoms with Crippen molar-refractivity contribution in [2.75, 3.05) is 14.2 Å². The van der Waals surface area contributed by atoms with Gasteiger partial charge in [-0.1, -0.05) is 41.4 Å². The lowest BCUT2D eigenvalue weighted by atomic mass is 10.1. The third-order valence-electron chi connectivity index (χ3n) is 3.33. The molecule has 0 unspecified atom stereocenters. The smallest absolute Gasteiger partial charge is 0.224 e. The molecule has 0 saturated heterocycles. The van der Waals surface area contributed by atoms with E-state index in [1.807, 2.05) is 12.1 Å². The van der Waals surface area contributed by atoms with Crippen molar-refractivity contribution in [1.82, 2.24) is 5.32 Å². The van der Waals surface area contributed by atoms with Crippen LogP contribution < -0.4 is 14.8 Å². The van der Waals surface area contributed by atoms with Crippen LogP contribution in [0.15, 0.2) is 36.4 Å². The highest BCUT2D eigenvalue weighted by molar-refractivity contribution is 6.35. The van der Waals surface area contributed by atoms with Crippen LogP contribution in [0, 0.1) is 0 Å². The molecule has 0 fully saturated rings. The summed E-state index contributed by atoms with van der Waals surface area (Å²) in [6, 6.07) is 10.6. The van der Waals surface area contributed by atoms with Crippen LogP contribution in [0.2, 0.25) is 10.0 Å². The molecule has 0 spiro atoms. The predicted octanol–water partition coefficient (Wildman–Crippen LogP) is 3.87. The molecule has 0 bridgehead atoms. The second-order valence-electron chi connectivity index (χ2n) is 4.84. The van der Waals surface area contributed by atoms with Crippen molar-refractivity contribution in [3.8, 4) is 11.5 Å². The Morgan fingerprint density at radius 2 is 1.87 bits per heavy atom. The second kappa shape index (κ2) is 8.09. The molecule has 0 aliphatic rings. The van der Waals surface area contributed by atoms with Gasteiger partial charge >= 0.3 is 0 Å². The Kier molecular flexibility index (Phi) is 6.13. The Morgan fingerprint density at radius 3 is 2.52 bits per heavy atom. The van der Waals surface area contributed by atoms with Crippen molar-refractivity contribution in [2.24, 2.45) is 0 Å². The first-order chi connectivity index (χ1) is 11.0. The Bertz CT molecular complexity index is 704. The molecule has 0 atom stereocenters. The molecule has 0 saturated carbocycles. The number of hydrogen-bond donors (Lipinski definition) is 1. The summed E-state index contributed by atoms with van der Waals surface area (Å²) in [7, 11) is 3.14. The number of halogens is 2. The normalized spacial score (nSPS) is 10.3. The molecular weight excluding hydrogens is 337 g/mol. The summed E-state index contributed by atoms with van der Waals surface area (Å²) in [4.78, 5) is 12.1. The van der Waals surface area contributed by atoms with Gasteiger partial charge in [0.05, 0.1) is 20.6 Å². The van der Waals surface area contributed by atoms with Crippen LogP contribution >= 0.6 is 23.2 Å². The van der Waals surface area contributed by atoms with Gasteiger partial charge in [0.15, 0.2) is 11.5 Å². The molecule has 0 heterocycles. The molecule has 1 N–H and O–H groups in total. The number of hydrogen-bond acceptors (Lipinski definition) is 3. The molecular formula is C17H17Cl2NO3. The molecule has 0 radical (unpaired) electrons. The minimum Gasteiger partial charge on any atom is -0.493 e. The van der Waals surface area contributed by atoms with Crippen LogP contribution in [0.4, 0.5) is 0 Å². The lowest BCUT2D eigenvalue weighted by Crippen LogP contribution is -2.25. The van der Waals surface area contributed by atoms with Crippen molar-refractivity contribution < 1.29 is 14.3 Å². The van der Waals surface area contributed by atoms with E-state index < -0.39 is 0 Å². The number of benzene rings is 2. The standard InChI is InChI=1S/C17H17Cl2NO3/c1-22-15-5-3-4-12(17(15)23-2)10-20-16(21)8-11-6-7-13(18)9-14(11)19/h3-7,9H,8,10H2,1-2H3,(H,20,21). The number of carbonyl (C=O) groups excluding carboxylic acids is 1. The molecule has 122 valence electrons. The highest BCUT2D eigenvalue weighted by atomic mass is 35.5. The number of amides is 1. The monoisotopic (exact) mass is 353 g/mol. The summed E-state index contributed by atoms with van der Waals surface area (Å²) in [6.45, 7) is 0.338. The topological polar surface area (TPSA) is 47.6 Å². The summed E-state index contributed by atoms with van der Waals surface area (Å²) in [5.74, 6) is 1.10. The van der Waals surface area contributed by atoms with E-state index in [1.165, 1.54) is 0 Å². The molecule has 2 aromatic rings. The van der Waals surface area contributed by atoms with Gasteiger partial charge in [-0.05, 0) is 23.8 Å². The molecule has 0 aliphatic carbocycles. The molecule has 1 amide bonds. The van der Waals surface area contributed by atoms with E-state index in [1.54, 1.807) is 38.5 Å². The van der Waals surface area contributed by atoms with Crippen LogP contribution in [0.5, 0.6) is 11.5 Å². The number of para-hydroxylation sites is 1. The van der Waals surface area contributed by atoms with E-state index in [4.69, 9.17) is 32.7 Å². The van der Waals surface area contributed by atoms with Crippen molar-refractivity contribution >= 4 is 29.1 Å². The van der Waals surface area contributed by atoms with Crippen LogP contribution in [0.25, 0.3) is 0 Å². The van der Waals surface area contributed by atoms with Gasteiger partial charge in [0, 0.05) is 22.2 Å². The van der Waals surface area contributed by atoms with Crippen LogP contribution in [-0.2, 0) is 17.8 Å². The summed E-state index contributed by atoms with van der Waals surface area (Å²) >= 11 is 11.9. The van der Waals surface area contributed by atoms with E-state index in [-0.39, 0.29) is 12.3 Å². The van der Waals surface area contributed by atoms with Gasteiger partial charge in [0.1, 0.15) is 0 Å². The maximum absolute atomic E-state index is 12.1. The number of nitrogens with one attached hydrogen (secondary N) is 1. The van der Waals surface area contributed by atoms with E-state index in [2.05, 4.69) is 5.32 Å². The summed E-state index contributed by atoms with van der Waals surface area (Å²) in [5.41, 5.74) is 1.56. The number of methoxy groups -OCH3 is 2. The van der Waals surface area contributed by atoms with E-state index >= 15 is 0 Å². The Balaban J connectivity index is 2.02. The van der Waals surface area contributed by atoms with Crippen LogP contribution in [0.3, 0.4) is 0 Å².